The van der Waals surface area contributed by atoms with E-state index in [0.717, 1.165) is 0 Å². The number of carbonyl (C=O) groups excluding carboxylic acids is 1. The lowest BCUT2D eigenvalue weighted by atomic mass is 10.2. The quantitative estimate of drug-likeness (QED) is 0.513. The van der Waals surface area contributed by atoms with Gasteiger partial charge in [-0.2, -0.15) is 0 Å². The molecule has 2 atom stereocenters. The van der Waals surface area contributed by atoms with Gasteiger partial charge in [-0.25, -0.2) is 0 Å². The average molecular weight is 154 g/mol. The van der Waals surface area contributed by atoms with E-state index >= 15 is 0 Å². The van der Waals surface area contributed by atoms with Gasteiger partial charge in [0.25, 0.3) is 0 Å². The van der Waals surface area contributed by atoms with Crippen molar-refractivity contribution in [3.05, 3.63) is 12.2 Å². The van der Waals surface area contributed by atoms with Crippen LogP contribution in [0.25, 0.3) is 0 Å². The number of rotatable bonds is 0. The van der Waals surface area contributed by atoms with Crippen molar-refractivity contribution in [1.82, 2.24) is 0 Å². The molecule has 0 saturated carbocycles. The van der Waals surface area contributed by atoms with Crippen LogP contribution in [0.1, 0.15) is 13.8 Å². The van der Waals surface area contributed by atoms with Crippen LogP contribution in [0.3, 0.4) is 0 Å². The van der Waals surface area contributed by atoms with Crippen LogP contribution in [0, 0.1) is 0 Å². The minimum atomic E-state index is -0.601. The first kappa shape index (κ1) is 7.00. The molecule has 0 bridgehead atoms. The molecule has 1 aliphatic carbocycles. The van der Waals surface area contributed by atoms with Crippen LogP contribution in [0.4, 0.5) is 0 Å². The predicted octanol–water partition coefficient (Wildman–Crippen LogP) is 0.645. The van der Waals surface area contributed by atoms with Crippen LogP contribution in [-0.2, 0) is 14.3 Å². The largest absolute Gasteiger partial charge is 0.340 e. The van der Waals surface area contributed by atoms with E-state index in [1.807, 2.05) is 13.8 Å². The molecule has 1 heterocycles. The van der Waals surface area contributed by atoms with Crippen molar-refractivity contribution >= 4 is 5.78 Å². The monoisotopic (exact) mass is 154 g/mol. The Labute approximate surface area is 65.0 Å². The van der Waals surface area contributed by atoms with Crippen LogP contribution in [0.2, 0.25) is 0 Å². The Morgan fingerprint density at radius 2 is 2.18 bits per heavy atom. The van der Waals surface area contributed by atoms with Gasteiger partial charge in [-0.15, -0.1) is 0 Å². The van der Waals surface area contributed by atoms with Crippen molar-refractivity contribution in [2.45, 2.75) is 31.8 Å². The summed E-state index contributed by atoms with van der Waals surface area (Å²) in [6, 6.07) is 0. The molecule has 0 amide bonds. The first-order chi connectivity index (χ1) is 5.08. The highest BCUT2D eigenvalue weighted by Gasteiger charge is 2.45. The number of hydrogen-bond acceptors (Lipinski definition) is 3. The van der Waals surface area contributed by atoms with Crippen molar-refractivity contribution in [2.75, 3.05) is 0 Å². The van der Waals surface area contributed by atoms with Crippen LogP contribution in [-0.4, -0.2) is 23.8 Å². The smallest absolute Gasteiger partial charge is 0.187 e. The highest BCUT2D eigenvalue weighted by molar-refractivity contribution is 5.97. The summed E-state index contributed by atoms with van der Waals surface area (Å²) in [6.45, 7) is 3.62. The van der Waals surface area contributed by atoms with E-state index in [9.17, 15) is 4.79 Å². The van der Waals surface area contributed by atoms with Gasteiger partial charge in [-0.1, -0.05) is 0 Å². The van der Waals surface area contributed by atoms with Crippen molar-refractivity contribution in [2.24, 2.45) is 0 Å². The van der Waals surface area contributed by atoms with Gasteiger partial charge in [0, 0.05) is 0 Å². The number of carbonyl (C=O) groups is 1. The zero-order chi connectivity index (χ0) is 8.06. The number of hydrogen-bond donors (Lipinski definition) is 0. The second kappa shape index (κ2) is 1.93. The van der Waals surface area contributed by atoms with Crippen molar-refractivity contribution in [3.8, 4) is 0 Å². The van der Waals surface area contributed by atoms with E-state index in [1.54, 1.807) is 6.08 Å². The van der Waals surface area contributed by atoms with Gasteiger partial charge < -0.3 is 9.47 Å². The molecule has 0 spiro atoms. The molecule has 3 nitrogen and oxygen atoms in total. The lowest BCUT2D eigenvalue weighted by Gasteiger charge is -2.16. The van der Waals surface area contributed by atoms with Crippen LogP contribution in [0.5, 0.6) is 0 Å². The molecule has 0 aromatic rings. The Hall–Kier alpha value is -0.670. The van der Waals surface area contributed by atoms with Crippen molar-refractivity contribution in [3.63, 3.8) is 0 Å². The molecule has 1 aliphatic heterocycles. The molecule has 1 unspecified atom stereocenters. The summed E-state index contributed by atoms with van der Waals surface area (Å²) < 4.78 is 10.8. The van der Waals surface area contributed by atoms with E-state index in [4.69, 9.17) is 9.47 Å². The van der Waals surface area contributed by atoms with E-state index < -0.39 is 5.79 Å². The molecular formula is C8H10O3. The molecule has 1 saturated heterocycles. The summed E-state index contributed by atoms with van der Waals surface area (Å²) in [5, 5.41) is 0. The summed E-state index contributed by atoms with van der Waals surface area (Å²) in [6.07, 6.45) is 2.73. The fourth-order valence-corrected chi connectivity index (χ4v) is 1.43. The highest BCUT2D eigenvalue weighted by Crippen LogP contribution is 2.32. The van der Waals surface area contributed by atoms with Gasteiger partial charge in [0.15, 0.2) is 17.7 Å². The number of ether oxygens (including phenoxy) is 2. The molecular weight excluding hydrogens is 144 g/mol. The lowest BCUT2D eigenvalue weighted by molar-refractivity contribution is -0.152. The fraction of sp³-hybridized carbons (Fsp3) is 0.625. The molecule has 1 fully saturated rings. The molecule has 11 heavy (non-hydrogen) atoms. The standard InChI is InChI=1S/C8H10O3/c1-8(2)10-6-4-3-5(9)7(6)11-8/h3-4,6-7H,1-2H3/t6-,7?/m0/s1. The van der Waals surface area contributed by atoms with Crippen LogP contribution >= 0.6 is 0 Å². The summed E-state index contributed by atoms with van der Waals surface area (Å²) in [7, 11) is 0. The molecule has 0 radical (unpaired) electrons. The van der Waals surface area contributed by atoms with E-state index in [1.165, 1.54) is 6.08 Å². The molecule has 0 aromatic heterocycles. The maximum absolute atomic E-state index is 11.1. The SMILES string of the molecule is CC1(C)OC2C(=O)C=C[C@@H]2O1. The minimum Gasteiger partial charge on any atom is -0.340 e. The Morgan fingerprint density at radius 1 is 1.45 bits per heavy atom. The molecule has 0 N–H and O–H groups in total. The van der Waals surface area contributed by atoms with Gasteiger partial charge in [0.05, 0.1) is 0 Å². The lowest BCUT2D eigenvalue weighted by Crippen LogP contribution is -2.25. The van der Waals surface area contributed by atoms with Crippen molar-refractivity contribution in [1.29, 1.82) is 0 Å². The van der Waals surface area contributed by atoms with Gasteiger partial charge >= 0.3 is 0 Å². The average Bonchev–Trinajstić information content (AvgIpc) is 2.31. The maximum atomic E-state index is 11.1. The summed E-state index contributed by atoms with van der Waals surface area (Å²) in [5.41, 5.74) is 0. The molecule has 2 aliphatic rings. The van der Waals surface area contributed by atoms with Crippen LogP contribution < -0.4 is 0 Å². The molecule has 60 valence electrons. The molecule has 0 aromatic carbocycles. The Balaban J connectivity index is 2.22. The van der Waals surface area contributed by atoms with Gasteiger partial charge in [0.2, 0.25) is 0 Å². The zero-order valence-electron chi connectivity index (χ0n) is 6.53. The Kier molecular flexibility index (Phi) is 1.23. The van der Waals surface area contributed by atoms with Gasteiger partial charge in [-0.3, -0.25) is 4.79 Å². The Morgan fingerprint density at radius 3 is 2.82 bits per heavy atom. The summed E-state index contributed by atoms with van der Waals surface area (Å²) in [5.74, 6) is -0.587. The molecule has 3 heteroatoms. The third-order valence-electron chi connectivity index (χ3n) is 1.86. The third kappa shape index (κ3) is 1.01. The first-order valence-electron chi connectivity index (χ1n) is 3.66. The van der Waals surface area contributed by atoms with Crippen LogP contribution in [0.15, 0.2) is 12.2 Å². The first-order valence-corrected chi connectivity index (χ1v) is 3.66. The topological polar surface area (TPSA) is 35.5 Å². The van der Waals surface area contributed by atoms with Gasteiger partial charge in [0.1, 0.15) is 6.10 Å². The van der Waals surface area contributed by atoms with Crippen molar-refractivity contribution < 1.29 is 14.3 Å². The maximum Gasteiger partial charge on any atom is 0.187 e. The molecule has 2 rings (SSSR count). The van der Waals surface area contributed by atoms with E-state index in [0.29, 0.717) is 0 Å². The zero-order valence-corrected chi connectivity index (χ0v) is 6.53. The Bertz CT molecular complexity index is 229. The normalized spacial score (nSPS) is 39.6. The summed E-state index contributed by atoms with van der Waals surface area (Å²) in [4.78, 5) is 11.1. The van der Waals surface area contributed by atoms with Gasteiger partial charge in [-0.05, 0) is 26.0 Å². The fourth-order valence-electron chi connectivity index (χ4n) is 1.43. The second-order valence-electron chi connectivity index (χ2n) is 3.28. The highest BCUT2D eigenvalue weighted by atomic mass is 16.8. The number of fused-ring (bicyclic) bond motifs is 1. The minimum absolute atomic E-state index is 0.0144. The predicted molar refractivity (Wildman–Crippen MR) is 38.0 cm³/mol. The van der Waals surface area contributed by atoms with E-state index in [2.05, 4.69) is 0 Å². The summed E-state index contributed by atoms with van der Waals surface area (Å²) >= 11 is 0. The third-order valence-corrected chi connectivity index (χ3v) is 1.86. The second-order valence-corrected chi connectivity index (χ2v) is 3.28. The number of ketones is 1. The van der Waals surface area contributed by atoms with E-state index in [-0.39, 0.29) is 18.0 Å².